The summed E-state index contributed by atoms with van der Waals surface area (Å²) in [4.78, 5) is 24.9. The zero-order valence-corrected chi connectivity index (χ0v) is 17.5. The summed E-state index contributed by atoms with van der Waals surface area (Å²) in [6.07, 6.45) is 2.34. The molecule has 1 saturated heterocycles. The molecule has 1 N–H and O–H groups in total. The molecule has 3 aromatic rings. The summed E-state index contributed by atoms with van der Waals surface area (Å²) in [5, 5.41) is 4.77. The molecule has 0 spiro atoms. The lowest BCUT2D eigenvalue weighted by Gasteiger charge is -2.30. The van der Waals surface area contributed by atoms with Gasteiger partial charge in [-0.15, -0.1) is 0 Å². The molecular formula is C23H24N4O2S. The average molecular weight is 421 g/mol. The highest BCUT2D eigenvalue weighted by molar-refractivity contribution is 8.00. The molecule has 1 saturated carbocycles. The highest BCUT2D eigenvalue weighted by Gasteiger charge is 2.30. The third-order valence-corrected chi connectivity index (χ3v) is 6.48. The van der Waals surface area contributed by atoms with Gasteiger partial charge in [0.1, 0.15) is 11.1 Å². The van der Waals surface area contributed by atoms with Crippen molar-refractivity contribution in [3.8, 4) is 0 Å². The zero-order chi connectivity index (χ0) is 20.3. The Hall–Kier alpha value is -2.64. The van der Waals surface area contributed by atoms with Crippen molar-refractivity contribution in [1.82, 2.24) is 14.9 Å². The largest absolute Gasteiger partial charge is 0.378 e. The van der Waals surface area contributed by atoms with Crippen molar-refractivity contribution >= 4 is 34.4 Å². The first-order valence-corrected chi connectivity index (χ1v) is 11.3. The number of amides is 1. The third kappa shape index (κ3) is 4.27. The first-order valence-electron chi connectivity index (χ1n) is 10.4. The van der Waals surface area contributed by atoms with E-state index in [9.17, 15) is 4.79 Å². The van der Waals surface area contributed by atoms with Crippen molar-refractivity contribution < 1.29 is 9.53 Å². The van der Waals surface area contributed by atoms with Crippen LogP contribution in [0.25, 0.3) is 10.9 Å². The minimum absolute atomic E-state index is 0.0861. The smallest absolute Gasteiger partial charge is 0.240 e. The molecule has 2 aliphatic rings. The lowest BCUT2D eigenvalue weighted by atomic mass is 10.1. The number of fused-ring (bicyclic) bond motifs is 1. The number of carbonyl (C=O) groups excluding carboxylic acids is 1. The highest BCUT2D eigenvalue weighted by atomic mass is 32.2. The second kappa shape index (κ2) is 8.62. The molecule has 0 bridgehead atoms. The minimum atomic E-state index is -0.390. The summed E-state index contributed by atoms with van der Waals surface area (Å²) in [5.74, 6) is 0.944. The summed E-state index contributed by atoms with van der Waals surface area (Å²) >= 11 is 1.43. The number of para-hydroxylation sites is 1. The Bertz CT molecular complexity index is 1040. The van der Waals surface area contributed by atoms with Crippen LogP contribution in [0.1, 0.15) is 23.7 Å². The van der Waals surface area contributed by atoms with Crippen LogP contribution in [0.3, 0.4) is 0 Å². The Labute approximate surface area is 180 Å². The van der Waals surface area contributed by atoms with Gasteiger partial charge in [-0.3, -0.25) is 4.79 Å². The van der Waals surface area contributed by atoms with Crippen LogP contribution in [0.2, 0.25) is 0 Å². The first kappa shape index (κ1) is 19.3. The number of anilines is 1. The summed E-state index contributed by atoms with van der Waals surface area (Å²) in [5.41, 5.74) is 1.86. The van der Waals surface area contributed by atoms with E-state index in [1.54, 1.807) is 0 Å². The van der Waals surface area contributed by atoms with Crippen LogP contribution in [0.4, 0.5) is 5.82 Å². The average Bonchev–Trinajstić information content (AvgIpc) is 3.62. The van der Waals surface area contributed by atoms with E-state index in [0.29, 0.717) is 37.5 Å². The van der Waals surface area contributed by atoms with Crippen molar-refractivity contribution in [3.63, 3.8) is 0 Å². The van der Waals surface area contributed by atoms with E-state index in [2.05, 4.69) is 5.32 Å². The molecule has 0 radical (unpaired) electrons. The molecule has 2 aromatic carbocycles. The van der Waals surface area contributed by atoms with E-state index in [1.165, 1.54) is 24.6 Å². The molecule has 0 unspecified atom stereocenters. The van der Waals surface area contributed by atoms with Crippen molar-refractivity contribution in [2.45, 2.75) is 29.3 Å². The van der Waals surface area contributed by atoms with Gasteiger partial charge < -0.3 is 15.0 Å². The normalized spacial score (nSPS) is 17.7. The van der Waals surface area contributed by atoms with Gasteiger partial charge >= 0.3 is 0 Å². The fourth-order valence-corrected chi connectivity index (χ4v) is 4.63. The number of morpholine rings is 1. The standard InChI is InChI=1S/C23H24N4O2S/c28-22(27-12-14-29-15-13-27)20(16-6-2-1-3-7-16)30-23-25-19-9-5-4-8-18(19)21(26-23)24-17-10-11-17/h1-9,17,20H,10-15H2,(H,24,25,26)/t20-/m0/s1. The lowest BCUT2D eigenvalue weighted by molar-refractivity contribution is -0.134. The van der Waals surface area contributed by atoms with Gasteiger partial charge in [-0.1, -0.05) is 54.2 Å². The summed E-state index contributed by atoms with van der Waals surface area (Å²) in [6.45, 7) is 2.41. The highest BCUT2D eigenvalue weighted by Crippen LogP contribution is 2.37. The molecule has 1 aliphatic heterocycles. The van der Waals surface area contributed by atoms with Gasteiger partial charge in [0.25, 0.3) is 0 Å². The molecule has 1 atom stereocenters. The number of carbonyl (C=O) groups is 1. The number of benzene rings is 2. The Balaban J connectivity index is 1.49. The van der Waals surface area contributed by atoms with E-state index >= 15 is 0 Å². The van der Waals surface area contributed by atoms with E-state index in [4.69, 9.17) is 14.7 Å². The number of hydrogen-bond donors (Lipinski definition) is 1. The second-order valence-electron chi connectivity index (χ2n) is 7.64. The van der Waals surface area contributed by atoms with Gasteiger partial charge in [0.15, 0.2) is 5.16 Å². The number of nitrogens with zero attached hydrogens (tertiary/aromatic N) is 3. The van der Waals surface area contributed by atoms with E-state index < -0.39 is 0 Å². The molecule has 1 amide bonds. The van der Waals surface area contributed by atoms with Crippen LogP contribution >= 0.6 is 11.8 Å². The van der Waals surface area contributed by atoms with Gasteiger partial charge in [0.2, 0.25) is 5.91 Å². The predicted molar refractivity (Wildman–Crippen MR) is 119 cm³/mol. The maximum Gasteiger partial charge on any atom is 0.240 e. The van der Waals surface area contributed by atoms with E-state index in [0.717, 1.165) is 22.3 Å². The number of rotatable bonds is 6. The van der Waals surface area contributed by atoms with Crippen molar-refractivity contribution in [1.29, 1.82) is 0 Å². The van der Waals surface area contributed by atoms with Crippen molar-refractivity contribution in [2.24, 2.45) is 0 Å². The van der Waals surface area contributed by atoms with Crippen LogP contribution in [0.15, 0.2) is 59.8 Å². The van der Waals surface area contributed by atoms with Gasteiger partial charge in [0.05, 0.1) is 18.7 Å². The number of aromatic nitrogens is 2. The quantitative estimate of drug-likeness (QED) is 0.482. The third-order valence-electron chi connectivity index (χ3n) is 5.37. The Morgan fingerprint density at radius 3 is 2.53 bits per heavy atom. The molecule has 5 rings (SSSR count). The first-order chi connectivity index (χ1) is 14.8. The Morgan fingerprint density at radius 2 is 1.77 bits per heavy atom. The SMILES string of the molecule is O=C([C@@H](Sc1nc(NC2CC2)c2ccccc2n1)c1ccccc1)N1CCOCC1. The minimum Gasteiger partial charge on any atom is -0.378 e. The fraction of sp³-hybridized carbons (Fsp3) is 0.348. The molecule has 1 aliphatic carbocycles. The maximum absolute atomic E-state index is 13.4. The lowest BCUT2D eigenvalue weighted by Crippen LogP contribution is -2.42. The monoisotopic (exact) mass is 420 g/mol. The van der Waals surface area contributed by atoms with Gasteiger partial charge in [0, 0.05) is 24.5 Å². The van der Waals surface area contributed by atoms with Crippen molar-refractivity contribution in [2.75, 3.05) is 31.6 Å². The van der Waals surface area contributed by atoms with Crippen LogP contribution in [0.5, 0.6) is 0 Å². The molecule has 2 heterocycles. The summed E-state index contributed by atoms with van der Waals surface area (Å²) in [6, 6.07) is 18.4. The number of hydrogen-bond acceptors (Lipinski definition) is 6. The van der Waals surface area contributed by atoms with E-state index in [1.807, 2.05) is 59.5 Å². The number of nitrogens with one attached hydrogen (secondary N) is 1. The predicted octanol–water partition coefficient (Wildman–Crippen LogP) is 3.90. The molecule has 7 heteroatoms. The zero-order valence-electron chi connectivity index (χ0n) is 16.7. The van der Waals surface area contributed by atoms with Crippen molar-refractivity contribution in [3.05, 3.63) is 60.2 Å². The fourth-order valence-electron chi connectivity index (χ4n) is 3.58. The molecule has 1 aromatic heterocycles. The Kier molecular flexibility index (Phi) is 5.55. The Morgan fingerprint density at radius 1 is 1.03 bits per heavy atom. The van der Waals surface area contributed by atoms with Gasteiger partial charge in [-0.25, -0.2) is 9.97 Å². The number of thioether (sulfide) groups is 1. The van der Waals surface area contributed by atoms with Crippen LogP contribution in [0, 0.1) is 0 Å². The summed E-state index contributed by atoms with van der Waals surface area (Å²) < 4.78 is 5.43. The van der Waals surface area contributed by atoms with Crippen LogP contribution in [-0.2, 0) is 9.53 Å². The molecule has 30 heavy (non-hydrogen) atoms. The maximum atomic E-state index is 13.4. The van der Waals surface area contributed by atoms with Gasteiger partial charge in [-0.2, -0.15) is 0 Å². The number of ether oxygens (including phenoxy) is 1. The summed E-state index contributed by atoms with van der Waals surface area (Å²) in [7, 11) is 0. The molecule has 154 valence electrons. The molecular weight excluding hydrogens is 396 g/mol. The van der Waals surface area contributed by atoms with Crippen LogP contribution < -0.4 is 5.32 Å². The molecule has 6 nitrogen and oxygen atoms in total. The van der Waals surface area contributed by atoms with Crippen LogP contribution in [-0.4, -0.2) is 53.1 Å². The molecule has 2 fully saturated rings. The van der Waals surface area contributed by atoms with Gasteiger partial charge in [-0.05, 0) is 30.5 Å². The second-order valence-corrected chi connectivity index (χ2v) is 8.71. The van der Waals surface area contributed by atoms with E-state index in [-0.39, 0.29) is 11.2 Å². The topological polar surface area (TPSA) is 67.4 Å².